The van der Waals surface area contributed by atoms with Gasteiger partial charge in [-0.3, -0.25) is 4.40 Å². The van der Waals surface area contributed by atoms with Gasteiger partial charge in [0.05, 0.1) is 7.11 Å². The first-order valence-electron chi connectivity index (χ1n) is 8.63. The Morgan fingerprint density at radius 3 is 2.58 bits per heavy atom. The van der Waals surface area contributed by atoms with E-state index in [-0.39, 0.29) is 0 Å². The third kappa shape index (κ3) is 3.03. The van der Waals surface area contributed by atoms with Gasteiger partial charge >= 0.3 is 0 Å². The highest BCUT2D eigenvalue weighted by atomic mass is 32.2. The van der Waals surface area contributed by atoms with Gasteiger partial charge in [-0.25, -0.2) is 4.98 Å². The van der Waals surface area contributed by atoms with E-state index >= 15 is 0 Å². The molecule has 1 aliphatic rings. The molecular weight excluding hydrogens is 316 g/mol. The van der Waals surface area contributed by atoms with E-state index in [2.05, 4.69) is 40.9 Å². The Labute approximate surface area is 147 Å². The van der Waals surface area contributed by atoms with Crippen LogP contribution >= 0.6 is 11.8 Å². The molecule has 0 radical (unpaired) electrons. The first kappa shape index (κ1) is 15.6. The number of ether oxygens (including phenoxy) is 1. The fourth-order valence-corrected chi connectivity index (χ4v) is 4.79. The molecule has 3 nitrogen and oxygen atoms in total. The smallest absolute Gasteiger partial charge is 0.138 e. The average molecular weight is 338 g/mol. The maximum Gasteiger partial charge on any atom is 0.138 e. The molecule has 1 aliphatic carbocycles. The molecule has 3 aromatic rings. The Kier molecular flexibility index (Phi) is 4.48. The summed E-state index contributed by atoms with van der Waals surface area (Å²) >= 11 is 2.00. The number of thioether (sulfide) groups is 1. The van der Waals surface area contributed by atoms with Crippen LogP contribution in [0.25, 0.3) is 16.9 Å². The van der Waals surface area contributed by atoms with Gasteiger partial charge in [0.1, 0.15) is 22.1 Å². The number of aromatic nitrogens is 2. The number of benzene rings is 1. The molecule has 24 heavy (non-hydrogen) atoms. The summed E-state index contributed by atoms with van der Waals surface area (Å²) in [5.74, 6) is 0.879. The standard InChI is InChI=1S/C20H22N2OS/c1-23-16-12-10-15(11-13-16)19-20(24-17-7-3-2-4-8-17)22-14-6-5-9-18(22)21-19/h5-6,9-14,17H,2-4,7-8H2,1H3. The van der Waals surface area contributed by atoms with Crippen LogP contribution in [0.4, 0.5) is 0 Å². The summed E-state index contributed by atoms with van der Waals surface area (Å²) in [5, 5.41) is 1.97. The quantitative estimate of drug-likeness (QED) is 0.634. The van der Waals surface area contributed by atoms with Gasteiger partial charge in [0.15, 0.2) is 0 Å². The van der Waals surface area contributed by atoms with E-state index in [1.165, 1.54) is 37.1 Å². The predicted octanol–water partition coefficient (Wildman–Crippen LogP) is 5.43. The van der Waals surface area contributed by atoms with Crippen molar-refractivity contribution < 1.29 is 4.74 Å². The van der Waals surface area contributed by atoms with E-state index in [9.17, 15) is 0 Å². The molecule has 2 aromatic heterocycles. The van der Waals surface area contributed by atoms with E-state index < -0.39 is 0 Å². The van der Waals surface area contributed by atoms with Crippen molar-refractivity contribution in [3.63, 3.8) is 0 Å². The number of fused-ring (bicyclic) bond motifs is 1. The normalized spacial score (nSPS) is 15.7. The van der Waals surface area contributed by atoms with Gasteiger partial charge in [-0.15, -0.1) is 11.8 Å². The summed E-state index contributed by atoms with van der Waals surface area (Å²) in [6, 6.07) is 14.4. The van der Waals surface area contributed by atoms with Crippen LogP contribution in [0, 0.1) is 0 Å². The summed E-state index contributed by atoms with van der Waals surface area (Å²) in [5.41, 5.74) is 3.25. The monoisotopic (exact) mass is 338 g/mol. The molecule has 0 spiro atoms. The van der Waals surface area contributed by atoms with E-state index in [0.717, 1.165) is 22.7 Å². The first-order valence-corrected chi connectivity index (χ1v) is 9.51. The number of imidazole rings is 1. The van der Waals surface area contributed by atoms with E-state index in [4.69, 9.17) is 9.72 Å². The molecule has 0 atom stereocenters. The molecule has 0 amide bonds. The first-order chi connectivity index (χ1) is 11.8. The van der Waals surface area contributed by atoms with Crippen molar-refractivity contribution in [2.24, 2.45) is 0 Å². The lowest BCUT2D eigenvalue weighted by Crippen LogP contribution is -2.08. The zero-order valence-electron chi connectivity index (χ0n) is 13.9. The molecule has 2 heterocycles. The zero-order chi connectivity index (χ0) is 16.4. The summed E-state index contributed by atoms with van der Waals surface area (Å²) in [7, 11) is 1.70. The molecule has 1 aromatic carbocycles. The minimum Gasteiger partial charge on any atom is -0.497 e. The number of pyridine rings is 1. The molecule has 0 unspecified atom stereocenters. The molecular formula is C20H22N2OS. The summed E-state index contributed by atoms with van der Waals surface area (Å²) < 4.78 is 7.52. The van der Waals surface area contributed by atoms with Crippen LogP contribution in [0.1, 0.15) is 32.1 Å². The van der Waals surface area contributed by atoms with Gasteiger partial charge in [-0.05, 0) is 49.2 Å². The second-order valence-electron chi connectivity index (χ2n) is 6.30. The van der Waals surface area contributed by atoms with Crippen LogP contribution in [0.2, 0.25) is 0 Å². The molecule has 0 saturated heterocycles. The van der Waals surface area contributed by atoms with Gasteiger partial charge in [0.25, 0.3) is 0 Å². The zero-order valence-corrected chi connectivity index (χ0v) is 14.8. The van der Waals surface area contributed by atoms with Crippen LogP contribution in [0.15, 0.2) is 53.7 Å². The summed E-state index contributed by atoms with van der Waals surface area (Å²) in [4.78, 5) is 4.91. The highest BCUT2D eigenvalue weighted by molar-refractivity contribution is 8.00. The Bertz CT molecular complexity index is 819. The molecule has 0 bridgehead atoms. The maximum absolute atomic E-state index is 5.28. The van der Waals surface area contributed by atoms with Crippen molar-refractivity contribution in [1.82, 2.24) is 9.38 Å². The minimum atomic E-state index is 0.704. The highest BCUT2D eigenvalue weighted by Crippen LogP contribution is 2.39. The number of nitrogens with zero attached hydrogens (tertiary/aromatic N) is 2. The van der Waals surface area contributed by atoms with Crippen LogP contribution in [0.3, 0.4) is 0 Å². The number of rotatable bonds is 4. The maximum atomic E-state index is 5.28. The second-order valence-corrected chi connectivity index (χ2v) is 7.59. The minimum absolute atomic E-state index is 0.704. The largest absolute Gasteiger partial charge is 0.497 e. The third-order valence-corrected chi connectivity index (χ3v) is 6.10. The summed E-state index contributed by atoms with van der Waals surface area (Å²) in [6.07, 6.45) is 8.84. The van der Waals surface area contributed by atoms with Gasteiger partial charge in [0, 0.05) is 17.0 Å². The number of methoxy groups -OCH3 is 1. The van der Waals surface area contributed by atoms with Gasteiger partial charge in [-0.1, -0.05) is 25.3 Å². The van der Waals surface area contributed by atoms with Crippen molar-refractivity contribution in [2.45, 2.75) is 42.4 Å². The highest BCUT2D eigenvalue weighted by Gasteiger charge is 2.21. The lowest BCUT2D eigenvalue weighted by atomic mass is 10.0. The molecule has 124 valence electrons. The Morgan fingerprint density at radius 2 is 1.83 bits per heavy atom. The third-order valence-electron chi connectivity index (χ3n) is 4.68. The SMILES string of the molecule is COc1ccc(-c2nc3ccccn3c2SC2CCCCC2)cc1. The molecule has 0 aliphatic heterocycles. The van der Waals surface area contributed by atoms with E-state index in [0.29, 0.717) is 5.25 Å². The predicted molar refractivity (Wildman–Crippen MR) is 99.9 cm³/mol. The lowest BCUT2D eigenvalue weighted by Gasteiger charge is -2.21. The Morgan fingerprint density at radius 1 is 1.04 bits per heavy atom. The van der Waals surface area contributed by atoms with Crippen molar-refractivity contribution in [1.29, 1.82) is 0 Å². The van der Waals surface area contributed by atoms with Crippen LogP contribution < -0.4 is 4.74 Å². The fraction of sp³-hybridized carbons (Fsp3) is 0.350. The topological polar surface area (TPSA) is 26.5 Å². The summed E-state index contributed by atoms with van der Waals surface area (Å²) in [6.45, 7) is 0. The lowest BCUT2D eigenvalue weighted by molar-refractivity contribution is 0.415. The van der Waals surface area contributed by atoms with Gasteiger partial charge in [-0.2, -0.15) is 0 Å². The average Bonchev–Trinajstić information content (AvgIpc) is 3.01. The van der Waals surface area contributed by atoms with Crippen LogP contribution in [-0.2, 0) is 0 Å². The molecule has 4 rings (SSSR count). The Balaban J connectivity index is 1.76. The molecule has 0 N–H and O–H groups in total. The van der Waals surface area contributed by atoms with Crippen molar-refractivity contribution in [3.05, 3.63) is 48.7 Å². The fourth-order valence-electron chi connectivity index (χ4n) is 3.36. The number of hydrogen-bond donors (Lipinski definition) is 0. The van der Waals surface area contributed by atoms with Crippen LogP contribution in [-0.4, -0.2) is 21.7 Å². The molecule has 1 fully saturated rings. The second kappa shape index (κ2) is 6.89. The molecule has 4 heteroatoms. The van der Waals surface area contributed by atoms with E-state index in [1.54, 1.807) is 7.11 Å². The van der Waals surface area contributed by atoms with Crippen molar-refractivity contribution in [2.75, 3.05) is 7.11 Å². The van der Waals surface area contributed by atoms with Gasteiger partial charge < -0.3 is 4.74 Å². The number of hydrogen-bond acceptors (Lipinski definition) is 3. The van der Waals surface area contributed by atoms with Crippen LogP contribution in [0.5, 0.6) is 5.75 Å². The van der Waals surface area contributed by atoms with Crippen molar-refractivity contribution in [3.8, 4) is 17.0 Å². The van der Waals surface area contributed by atoms with Gasteiger partial charge in [0.2, 0.25) is 0 Å². The molecule has 1 saturated carbocycles. The Hall–Kier alpha value is -1.94. The van der Waals surface area contributed by atoms with E-state index in [1.807, 2.05) is 23.9 Å². The van der Waals surface area contributed by atoms with Crippen molar-refractivity contribution >= 4 is 17.4 Å².